The van der Waals surface area contributed by atoms with Crippen molar-refractivity contribution in [3.05, 3.63) is 31.8 Å². The molecule has 1 saturated heterocycles. The Labute approximate surface area is 139 Å². The van der Waals surface area contributed by atoms with E-state index in [1.165, 1.54) is 0 Å². The molecule has 1 heterocycles. The van der Waals surface area contributed by atoms with Gasteiger partial charge in [0.25, 0.3) is 5.91 Å². The van der Waals surface area contributed by atoms with Crippen molar-refractivity contribution in [2.45, 2.75) is 31.7 Å². The summed E-state index contributed by atoms with van der Waals surface area (Å²) in [5, 5.41) is 8.99. The number of rotatable bonds is 3. The molecule has 1 N–H and O–H groups in total. The first-order valence-electron chi connectivity index (χ1n) is 6.47. The molecule has 1 aromatic rings. The van der Waals surface area contributed by atoms with E-state index >= 15 is 0 Å². The largest absolute Gasteiger partial charge is 0.481 e. The highest BCUT2D eigenvalue weighted by Crippen LogP contribution is 2.25. The molecule has 1 aliphatic rings. The first-order chi connectivity index (χ1) is 9.49. The number of nitrogens with zero attached hydrogens (tertiary/aromatic N) is 1. The van der Waals surface area contributed by atoms with Crippen molar-refractivity contribution in [2.24, 2.45) is 0 Å². The summed E-state index contributed by atoms with van der Waals surface area (Å²) in [5.74, 6) is -0.916. The van der Waals surface area contributed by atoms with Gasteiger partial charge in [-0.1, -0.05) is 15.9 Å². The Morgan fingerprint density at radius 3 is 2.85 bits per heavy atom. The summed E-state index contributed by atoms with van der Waals surface area (Å²) in [6.07, 6.45) is 2.71. The number of likely N-dealkylation sites (tertiary alicyclic amines) is 1. The fraction of sp³-hybridized carbons (Fsp3) is 0.429. The smallest absolute Gasteiger partial charge is 0.305 e. The molecule has 2 rings (SSSR count). The molecule has 1 amide bonds. The number of piperidine rings is 1. The molecule has 0 aliphatic carbocycles. The van der Waals surface area contributed by atoms with Crippen LogP contribution in [0.5, 0.6) is 0 Å². The van der Waals surface area contributed by atoms with Gasteiger partial charge in [-0.3, -0.25) is 9.59 Å². The van der Waals surface area contributed by atoms with Gasteiger partial charge >= 0.3 is 5.97 Å². The number of hydrogen-bond donors (Lipinski definition) is 1. The van der Waals surface area contributed by atoms with Gasteiger partial charge in [0.15, 0.2) is 0 Å². The van der Waals surface area contributed by atoms with E-state index in [0.717, 1.165) is 27.3 Å². The number of carbonyl (C=O) groups excluding carboxylic acids is 1. The van der Waals surface area contributed by atoms with E-state index in [1.807, 2.05) is 12.1 Å². The summed E-state index contributed by atoms with van der Waals surface area (Å²) in [7, 11) is 0. The van der Waals surface area contributed by atoms with Crippen LogP contribution in [0.4, 0.5) is 0 Å². The fourth-order valence-corrected chi connectivity index (χ4v) is 3.43. The third-order valence-corrected chi connectivity index (χ3v) is 4.89. The van der Waals surface area contributed by atoms with Gasteiger partial charge in [-0.15, -0.1) is 0 Å². The number of carboxylic acid groups (broad SMARTS) is 1. The maximum absolute atomic E-state index is 12.7. The minimum atomic E-state index is -0.848. The van der Waals surface area contributed by atoms with Crippen LogP contribution in [-0.2, 0) is 4.79 Å². The molecular formula is C14H15BrINO3. The molecule has 0 spiro atoms. The highest BCUT2D eigenvalue weighted by molar-refractivity contribution is 14.1. The molecular weight excluding hydrogens is 437 g/mol. The average molecular weight is 452 g/mol. The van der Waals surface area contributed by atoms with Gasteiger partial charge in [0.2, 0.25) is 0 Å². The number of amides is 1. The van der Waals surface area contributed by atoms with Gasteiger partial charge in [0, 0.05) is 20.6 Å². The van der Waals surface area contributed by atoms with Crippen LogP contribution in [-0.4, -0.2) is 34.5 Å². The Morgan fingerprint density at radius 2 is 2.15 bits per heavy atom. The zero-order valence-electron chi connectivity index (χ0n) is 10.8. The number of halogens is 2. The lowest BCUT2D eigenvalue weighted by Crippen LogP contribution is -2.45. The van der Waals surface area contributed by atoms with Gasteiger partial charge in [0.05, 0.1) is 12.0 Å². The number of carboxylic acids is 1. The van der Waals surface area contributed by atoms with E-state index < -0.39 is 5.97 Å². The molecule has 108 valence electrons. The van der Waals surface area contributed by atoms with Crippen molar-refractivity contribution in [1.29, 1.82) is 0 Å². The predicted octanol–water partition coefficient (Wildman–Crippen LogP) is 3.52. The highest BCUT2D eigenvalue weighted by Gasteiger charge is 2.29. The SMILES string of the molecule is O=C(O)CC1CCCCN1C(=O)c1cc(Br)ccc1I. The van der Waals surface area contributed by atoms with Crippen LogP contribution in [0, 0.1) is 3.57 Å². The maximum atomic E-state index is 12.7. The Bertz CT molecular complexity index is 535. The molecule has 6 heteroatoms. The summed E-state index contributed by atoms with van der Waals surface area (Å²) >= 11 is 5.51. The van der Waals surface area contributed by atoms with Crippen molar-refractivity contribution >= 4 is 50.4 Å². The molecule has 0 radical (unpaired) electrons. The lowest BCUT2D eigenvalue weighted by molar-refractivity contribution is -0.138. The molecule has 1 unspecified atom stereocenters. The highest BCUT2D eigenvalue weighted by atomic mass is 127. The molecule has 1 atom stereocenters. The third-order valence-electron chi connectivity index (χ3n) is 3.46. The van der Waals surface area contributed by atoms with Crippen LogP contribution >= 0.6 is 38.5 Å². The zero-order chi connectivity index (χ0) is 14.7. The van der Waals surface area contributed by atoms with Crippen molar-refractivity contribution in [3.63, 3.8) is 0 Å². The second kappa shape index (κ2) is 6.89. The summed E-state index contributed by atoms with van der Waals surface area (Å²) < 4.78 is 1.74. The van der Waals surface area contributed by atoms with Crippen molar-refractivity contribution in [3.8, 4) is 0 Å². The fourth-order valence-electron chi connectivity index (χ4n) is 2.50. The van der Waals surface area contributed by atoms with Crippen LogP contribution < -0.4 is 0 Å². The maximum Gasteiger partial charge on any atom is 0.305 e. The second-order valence-electron chi connectivity index (χ2n) is 4.87. The molecule has 4 nitrogen and oxygen atoms in total. The van der Waals surface area contributed by atoms with Gasteiger partial charge in [-0.05, 0) is 60.1 Å². The normalized spacial score (nSPS) is 18.9. The van der Waals surface area contributed by atoms with Gasteiger partial charge in [0.1, 0.15) is 0 Å². The minimum absolute atomic E-state index is 0.0241. The van der Waals surface area contributed by atoms with E-state index in [0.29, 0.717) is 12.1 Å². The Morgan fingerprint density at radius 1 is 1.40 bits per heavy atom. The van der Waals surface area contributed by atoms with Gasteiger partial charge < -0.3 is 10.0 Å². The van der Waals surface area contributed by atoms with Crippen LogP contribution in [0.15, 0.2) is 22.7 Å². The van der Waals surface area contributed by atoms with Crippen LogP contribution in [0.25, 0.3) is 0 Å². The minimum Gasteiger partial charge on any atom is -0.481 e. The number of carbonyl (C=O) groups is 2. The van der Waals surface area contributed by atoms with Crippen LogP contribution in [0.1, 0.15) is 36.0 Å². The molecule has 20 heavy (non-hydrogen) atoms. The lowest BCUT2D eigenvalue weighted by atomic mass is 9.98. The molecule has 0 saturated carbocycles. The monoisotopic (exact) mass is 451 g/mol. The van der Waals surface area contributed by atoms with Gasteiger partial charge in [-0.2, -0.15) is 0 Å². The second-order valence-corrected chi connectivity index (χ2v) is 6.95. The number of aliphatic carboxylic acids is 1. The average Bonchev–Trinajstić information content (AvgIpc) is 2.41. The molecule has 1 aliphatic heterocycles. The lowest BCUT2D eigenvalue weighted by Gasteiger charge is -2.35. The molecule has 0 bridgehead atoms. The van der Waals surface area contributed by atoms with E-state index in [-0.39, 0.29) is 18.4 Å². The van der Waals surface area contributed by atoms with Crippen molar-refractivity contribution in [2.75, 3.05) is 6.54 Å². The van der Waals surface area contributed by atoms with E-state index in [2.05, 4.69) is 38.5 Å². The first kappa shape index (κ1) is 15.8. The molecule has 0 aromatic heterocycles. The Kier molecular flexibility index (Phi) is 5.42. The first-order valence-corrected chi connectivity index (χ1v) is 8.34. The van der Waals surface area contributed by atoms with Crippen LogP contribution in [0.2, 0.25) is 0 Å². The topological polar surface area (TPSA) is 57.6 Å². The molecule has 1 fully saturated rings. The summed E-state index contributed by atoms with van der Waals surface area (Å²) in [5.41, 5.74) is 0.636. The predicted molar refractivity (Wildman–Crippen MR) is 87.8 cm³/mol. The molecule has 1 aromatic carbocycles. The van der Waals surface area contributed by atoms with Crippen LogP contribution in [0.3, 0.4) is 0 Å². The van der Waals surface area contributed by atoms with Gasteiger partial charge in [-0.25, -0.2) is 0 Å². The standard InChI is InChI=1S/C14H15BrINO3/c15-9-4-5-12(16)11(7-9)14(20)17-6-2-1-3-10(17)8-13(18)19/h4-5,7,10H,1-3,6,8H2,(H,18,19). The van der Waals surface area contributed by atoms with Crippen molar-refractivity contribution < 1.29 is 14.7 Å². The Balaban J connectivity index is 2.25. The summed E-state index contributed by atoms with van der Waals surface area (Å²) in [6, 6.07) is 5.39. The quantitative estimate of drug-likeness (QED) is 0.715. The summed E-state index contributed by atoms with van der Waals surface area (Å²) in [6.45, 7) is 0.638. The van der Waals surface area contributed by atoms with Crippen molar-refractivity contribution in [1.82, 2.24) is 4.90 Å². The van der Waals surface area contributed by atoms with E-state index in [9.17, 15) is 9.59 Å². The van der Waals surface area contributed by atoms with E-state index in [4.69, 9.17) is 5.11 Å². The number of hydrogen-bond acceptors (Lipinski definition) is 2. The van der Waals surface area contributed by atoms with E-state index in [1.54, 1.807) is 11.0 Å². The summed E-state index contributed by atoms with van der Waals surface area (Å²) in [4.78, 5) is 25.3. The third kappa shape index (κ3) is 3.72. The zero-order valence-corrected chi connectivity index (χ0v) is 14.6. The Hall–Kier alpha value is -0.630. The number of benzene rings is 1.